The van der Waals surface area contributed by atoms with Gasteiger partial charge in [-0.3, -0.25) is 0 Å². The van der Waals surface area contributed by atoms with E-state index >= 15 is 0 Å². The van der Waals surface area contributed by atoms with Crippen molar-refractivity contribution in [2.45, 2.75) is 20.8 Å². The molecular weight excluding hydrogens is 366 g/mol. The minimum absolute atomic E-state index is 0.739. The van der Waals surface area contributed by atoms with Gasteiger partial charge in [0, 0.05) is 37.6 Å². The fourth-order valence-electron chi connectivity index (χ4n) is 3.90. The molecule has 0 bridgehead atoms. The van der Waals surface area contributed by atoms with Gasteiger partial charge < -0.3 is 14.8 Å². The lowest BCUT2D eigenvalue weighted by Crippen LogP contribution is -2.47. The number of aromatic nitrogens is 7. The Bertz CT molecular complexity index is 1150. The molecule has 0 radical (unpaired) electrons. The number of nitrogens with one attached hydrogen (secondary N) is 1. The zero-order valence-corrected chi connectivity index (χ0v) is 16.8. The summed E-state index contributed by atoms with van der Waals surface area (Å²) in [6.45, 7) is 9.49. The number of aromatic amines is 1. The van der Waals surface area contributed by atoms with E-state index in [2.05, 4.69) is 46.1 Å². The molecule has 0 aromatic carbocycles. The molecule has 0 atom stereocenters. The minimum atomic E-state index is 0.739. The first-order valence-electron chi connectivity index (χ1n) is 9.76. The Kier molecular flexibility index (Phi) is 4.15. The van der Waals surface area contributed by atoms with Crippen molar-refractivity contribution < 1.29 is 0 Å². The summed E-state index contributed by atoms with van der Waals surface area (Å²) in [4.78, 5) is 16.8. The molecule has 0 aliphatic carbocycles. The summed E-state index contributed by atoms with van der Waals surface area (Å²) >= 11 is 0. The predicted octanol–water partition coefficient (Wildman–Crippen LogP) is 2.19. The summed E-state index contributed by atoms with van der Waals surface area (Å²) in [6.07, 6.45) is 1.64. The van der Waals surface area contributed by atoms with Crippen LogP contribution < -0.4 is 9.80 Å². The quantitative estimate of drug-likeness (QED) is 0.574. The largest absolute Gasteiger partial charge is 0.354 e. The Morgan fingerprint density at radius 2 is 1.59 bits per heavy atom. The van der Waals surface area contributed by atoms with Gasteiger partial charge in [0.1, 0.15) is 11.8 Å². The molecule has 1 aliphatic heterocycles. The first-order valence-corrected chi connectivity index (χ1v) is 9.76. The van der Waals surface area contributed by atoms with Gasteiger partial charge in [0.15, 0.2) is 17.5 Å². The summed E-state index contributed by atoms with van der Waals surface area (Å²) in [5.41, 5.74) is 5.08. The van der Waals surface area contributed by atoms with Crippen LogP contribution in [-0.4, -0.2) is 61.1 Å². The summed E-state index contributed by atoms with van der Waals surface area (Å²) in [5, 5.41) is 13.3. The lowest BCUT2D eigenvalue weighted by atomic mass is 10.3. The third-order valence-corrected chi connectivity index (χ3v) is 5.30. The second-order valence-electron chi connectivity index (χ2n) is 7.47. The van der Waals surface area contributed by atoms with E-state index in [1.807, 2.05) is 43.7 Å². The third-order valence-electron chi connectivity index (χ3n) is 5.30. The number of piperazine rings is 1. The van der Waals surface area contributed by atoms with Crippen molar-refractivity contribution in [1.82, 2.24) is 34.9 Å². The fraction of sp³-hybridized carbons (Fsp3) is 0.350. The van der Waals surface area contributed by atoms with Gasteiger partial charge in [-0.1, -0.05) is 0 Å². The van der Waals surface area contributed by atoms with Crippen molar-refractivity contribution in [3.63, 3.8) is 0 Å². The molecule has 1 aliphatic rings. The number of H-pyrrole nitrogens is 1. The molecule has 0 spiro atoms. The number of anilines is 2. The van der Waals surface area contributed by atoms with Gasteiger partial charge in [-0.15, -0.1) is 10.2 Å². The van der Waals surface area contributed by atoms with E-state index in [1.165, 1.54) is 0 Å². The van der Waals surface area contributed by atoms with Crippen LogP contribution in [0.4, 0.5) is 11.6 Å². The standard InChI is InChI=1S/C20H23N9/c1-13-11-16-19(23-13)20(22-12-21-16)28-8-6-27(7-9-28)17-4-5-18(25-24-17)29-15(3)10-14(2)26-29/h4-5,10-12,23H,6-9H2,1-3H3. The molecule has 9 heteroatoms. The van der Waals surface area contributed by atoms with E-state index in [9.17, 15) is 0 Å². The molecule has 0 amide bonds. The Morgan fingerprint density at radius 3 is 2.28 bits per heavy atom. The zero-order chi connectivity index (χ0) is 20.0. The number of rotatable bonds is 3. The number of aryl methyl sites for hydroxylation is 3. The number of hydrogen-bond acceptors (Lipinski definition) is 7. The molecule has 0 saturated carbocycles. The predicted molar refractivity (Wildman–Crippen MR) is 112 cm³/mol. The maximum Gasteiger partial charge on any atom is 0.176 e. The highest BCUT2D eigenvalue weighted by atomic mass is 15.4. The Labute approximate surface area is 168 Å². The Hall–Kier alpha value is -3.49. The molecule has 5 rings (SSSR count). The monoisotopic (exact) mass is 389 g/mol. The number of nitrogens with zero attached hydrogens (tertiary/aromatic N) is 8. The molecule has 9 nitrogen and oxygen atoms in total. The lowest BCUT2D eigenvalue weighted by molar-refractivity contribution is 0.637. The van der Waals surface area contributed by atoms with E-state index in [0.717, 1.165) is 71.7 Å². The van der Waals surface area contributed by atoms with Crippen molar-refractivity contribution in [3.8, 4) is 5.82 Å². The molecule has 5 heterocycles. The van der Waals surface area contributed by atoms with Gasteiger partial charge in [-0.2, -0.15) is 5.10 Å². The smallest absolute Gasteiger partial charge is 0.176 e. The van der Waals surface area contributed by atoms with E-state index in [-0.39, 0.29) is 0 Å². The Morgan fingerprint density at radius 1 is 0.862 bits per heavy atom. The fourth-order valence-corrected chi connectivity index (χ4v) is 3.90. The zero-order valence-electron chi connectivity index (χ0n) is 16.8. The molecular formula is C20H23N9. The summed E-state index contributed by atoms with van der Waals surface area (Å²) in [5.74, 6) is 2.59. The average molecular weight is 389 g/mol. The van der Waals surface area contributed by atoms with Gasteiger partial charge in [0.25, 0.3) is 0 Å². The van der Waals surface area contributed by atoms with Crippen LogP contribution in [0.5, 0.6) is 0 Å². The number of hydrogen-bond donors (Lipinski definition) is 1. The maximum absolute atomic E-state index is 4.52. The van der Waals surface area contributed by atoms with Crippen LogP contribution in [0.25, 0.3) is 16.9 Å². The normalized spacial score (nSPS) is 14.7. The van der Waals surface area contributed by atoms with Crippen LogP contribution in [-0.2, 0) is 0 Å². The molecule has 4 aromatic rings. The molecule has 29 heavy (non-hydrogen) atoms. The minimum Gasteiger partial charge on any atom is -0.354 e. The number of fused-ring (bicyclic) bond motifs is 1. The maximum atomic E-state index is 4.52. The van der Waals surface area contributed by atoms with E-state index in [4.69, 9.17) is 0 Å². The van der Waals surface area contributed by atoms with Crippen LogP contribution in [0.15, 0.2) is 30.6 Å². The highest BCUT2D eigenvalue weighted by molar-refractivity contribution is 5.86. The molecule has 0 unspecified atom stereocenters. The summed E-state index contributed by atoms with van der Waals surface area (Å²) in [6, 6.07) is 8.08. The van der Waals surface area contributed by atoms with Gasteiger partial charge in [-0.25, -0.2) is 14.6 Å². The third kappa shape index (κ3) is 3.18. The molecule has 1 fully saturated rings. The van der Waals surface area contributed by atoms with Gasteiger partial charge in [0.05, 0.1) is 11.2 Å². The van der Waals surface area contributed by atoms with Gasteiger partial charge in [-0.05, 0) is 45.0 Å². The highest BCUT2D eigenvalue weighted by Gasteiger charge is 2.22. The summed E-state index contributed by atoms with van der Waals surface area (Å²) in [7, 11) is 0. The van der Waals surface area contributed by atoms with Crippen LogP contribution in [0.1, 0.15) is 17.1 Å². The van der Waals surface area contributed by atoms with Crippen molar-refractivity contribution in [3.05, 3.63) is 47.7 Å². The van der Waals surface area contributed by atoms with Crippen LogP contribution in [0.2, 0.25) is 0 Å². The van der Waals surface area contributed by atoms with Crippen LogP contribution in [0.3, 0.4) is 0 Å². The van der Waals surface area contributed by atoms with Crippen molar-refractivity contribution in [2.24, 2.45) is 0 Å². The topological polar surface area (TPSA) is 91.7 Å². The van der Waals surface area contributed by atoms with E-state index in [1.54, 1.807) is 6.33 Å². The molecule has 148 valence electrons. The van der Waals surface area contributed by atoms with Crippen molar-refractivity contribution in [1.29, 1.82) is 0 Å². The lowest BCUT2D eigenvalue weighted by Gasteiger charge is -2.35. The first-order chi connectivity index (χ1) is 14.1. The van der Waals surface area contributed by atoms with Gasteiger partial charge in [0.2, 0.25) is 0 Å². The Balaban J connectivity index is 1.31. The van der Waals surface area contributed by atoms with E-state index < -0.39 is 0 Å². The molecule has 1 N–H and O–H groups in total. The highest BCUT2D eigenvalue weighted by Crippen LogP contribution is 2.24. The average Bonchev–Trinajstić information content (AvgIpc) is 3.28. The van der Waals surface area contributed by atoms with Crippen molar-refractivity contribution in [2.75, 3.05) is 36.0 Å². The van der Waals surface area contributed by atoms with Crippen LogP contribution in [0, 0.1) is 20.8 Å². The van der Waals surface area contributed by atoms with Crippen LogP contribution >= 0.6 is 0 Å². The van der Waals surface area contributed by atoms with Crippen molar-refractivity contribution >= 4 is 22.7 Å². The van der Waals surface area contributed by atoms with E-state index in [0.29, 0.717) is 0 Å². The SMILES string of the molecule is Cc1cc(C)n(-c2ccc(N3CCN(c4ncnc5cc(C)[nH]c45)CC3)nn2)n1. The second kappa shape index (κ2) is 6.84. The second-order valence-corrected chi connectivity index (χ2v) is 7.47. The summed E-state index contributed by atoms with van der Waals surface area (Å²) < 4.78 is 1.82. The van der Waals surface area contributed by atoms with Gasteiger partial charge >= 0.3 is 0 Å². The first kappa shape index (κ1) is 17.6. The molecule has 1 saturated heterocycles. The molecule has 4 aromatic heterocycles.